The molecule has 2 nitrogen and oxygen atoms in total. The van der Waals surface area contributed by atoms with Gasteiger partial charge in [0.05, 0.1) is 0 Å². The van der Waals surface area contributed by atoms with Gasteiger partial charge in [0.2, 0.25) is 0 Å². The molecule has 1 atom stereocenters. The van der Waals surface area contributed by atoms with Crippen LogP contribution >= 0.6 is 0 Å². The van der Waals surface area contributed by atoms with Crippen molar-refractivity contribution in [2.45, 2.75) is 54.1 Å². The van der Waals surface area contributed by atoms with Crippen molar-refractivity contribution in [2.75, 3.05) is 0 Å². The van der Waals surface area contributed by atoms with Crippen molar-refractivity contribution < 1.29 is 9.90 Å². The molecule has 2 heteroatoms. The predicted octanol–water partition coefficient (Wildman–Crippen LogP) is 4.69. The number of ketones is 1. The molecule has 0 saturated carbocycles. The number of Topliss-reactive ketones (excluding diaryl/α,β-unsaturated/α-hetero) is 1. The Kier molecular flexibility index (Phi) is 6.31. The summed E-state index contributed by atoms with van der Waals surface area (Å²) in [6.07, 6.45) is 11.9. The zero-order valence-electron chi connectivity index (χ0n) is 14.6. The summed E-state index contributed by atoms with van der Waals surface area (Å²) in [7, 11) is 0. The number of rotatable bonds is 4. The SMILES string of the molecule is C/C=C(C)/C=C/C=C(C)/C=C/C1=C(C)C(=O)C(O)CC1(C)C. The minimum absolute atomic E-state index is 0.149. The third-order valence-electron chi connectivity index (χ3n) is 4.20. The van der Waals surface area contributed by atoms with Crippen molar-refractivity contribution in [1.29, 1.82) is 0 Å². The maximum Gasteiger partial charge on any atom is 0.187 e. The molecule has 0 aromatic carbocycles. The van der Waals surface area contributed by atoms with Gasteiger partial charge in [0.1, 0.15) is 6.10 Å². The Morgan fingerprint density at radius 3 is 2.45 bits per heavy atom. The van der Waals surface area contributed by atoms with Gasteiger partial charge in [-0.1, -0.05) is 61.4 Å². The number of hydrogen-bond donors (Lipinski definition) is 1. The zero-order valence-corrected chi connectivity index (χ0v) is 14.6. The van der Waals surface area contributed by atoms with Crippen LogP contribution < -0.4 is 0 Å². The molecule has 0 saturated heterocycles. The fourth-order valence-corrected chi connectivity index (χ4v) is 2.65. The van der Waals surface area contributed by atoms with Gasteiger partial charge in [-0.25, -0.2) is 0 Å². The zero-order chi connectivity index (χ0) is 16.9. The number of allylic oxidation sites excluding steroid dienone is 9. The molecule has 0 aliphatic heterocycles. The summed E-state index contributed by atoms with van der Waals surface area (Å²) in [5, 5.41) is 9.84. The van der Waals surface area contributed by atoms with Crippen LogP contribution in [0.1, 0.15) is 48.0 Å². The van der Waals surface area contributed by atoms with Crippen LogP contribution in [0, 0.1) is 5.41 Å². The minimum atomic E-state index is -0.865. The molecule has 1 N–H and O–H groups in total. The first-order valence-electron chi connectivity index (χ1n) is 7.78. The highest BCUT2D eigenvalue weighted by Gasteiger charge is 2.36. The molecule has 0 bridgehead atoms. The van der Waals surface area contributed by atoms with Gasteiger partial charge >= 0.3 is 0 Å². The topological polar surface area (TPSA) is 37.3 Å². The molecule has 0 aromatic heterocycles. The van der Waals surface area contributed by atoms with E-state index >= 15 is 0 Å². The van der Waals surface area contributed by atoms with Gasteiger partial charge in [-0.15, -0.1) is 0 Å². The van der Waals surface area contributed by atoms with Crippen LogP contribution in [0.4, 0.5) is 0 Å². The summed E-state index contributed by atoms with van der Waals surface area (Å²) in [4.78, 5) is 12.0. The molecule has 0 fully saturated rings. The first-order valence-corrected chi connectivity index (χ1v) is 7.78. The van der Waals surface area contributed by atoms with Gasteiger partial charge in [-0.05, 0) is 50.7 Å². The predicted molar refractivity (Wildman–Crippen MR) is 93.6 cm³/mol. The lowest BCUT2D eigenvalue weighted by Crippen LogP contribution is -2.35. The number of aliphatic hydroxyl groups excluding tert-OH is 1. The van der Waals surface area contributed by atoms with Crippen molar-refractivity contribution in [3.8, 4) is 0 Å². The van der Waals surface area contributed by atoms with Crippen LogP contribution in [-0.4, -0.2) is 17.0 Å². The molecule has 1 rings (SSSR count). The fourth-order valence-electron chi connectivity index (χ4n) is 2.65. The molecular formula is C20H28O2. The van der Waals surface area contributed by atoms with E-state index in [1.165, 1.54) is 5.57 Å². The summed E-state index contributed by atoms with van der Waals surface area (Å²) < 4.78 is 0. The summed E-state index contributed by atoms with van der Waals surface area (Å²) in [5.74, 6) is -0.149. The molecule has 0 amide bonds. The van der Waals surface area contributed by atoms with E-state index in [1.807, 2.05) is 38.2 Å². The summed E-state index contributed by atoms with van der Waals surface area (Å²) in [6, 6.07) is 0. The van der Waals surface area contributed by atoms with Crippen LogP contribution in [-0.2, 0) is 4.79 Å². The first-order chi connectivity index (χ1) is 10.2. The molecule has 0 radical (unpaired) electrons. The van der Waals surface area contributed by atoms with E-state index < -0.39 is 6.10 Å². The van der Waals surface area contributed by atoms with E-state index in [-0.39, 0.29) is 11.2 Å². The molecule has 1 aliphatic rings. The summed E-state index contributed by atoms with van der Waals surface area (Å²) >= 11 is 0. The van der Waals surface area contributed by atoms with Crippen LogP contribution in [0.3, 0.4) is 0 Å². The van der Waals surface area contributed by atoms with Crippen LogP contribution in [0.2, 0.25) is 0 Å². The summed E-state index contributed by atoms with van der Waals surface area (Å²) in [5.41, 5.74) is 3.85. The van der Waals surface area contributed by atoms with E-state index in [2.05, 4.69) is 32.9 Å². The van der Waals surface area contributed by atoms with E-state index in [9.17, 15) is 9.90 Å². The van der Waals surface area contributed by atoms with Crippen molar-refractivity contribution in [3.63, 3.8) is 0 Å². The maximum atomic E-state index is 12.0. The Morgan fingerprint density at radius 2 is 1.86 bits per heavy atom. The highest BCUT2D eigenvalue weighted by Crippen LogP contribution is 2.39. The number of carbonyl (C=O) groups excluding carboxylic acids is 1. The Bertz CT molecular complexity index is 581. The Balaban J connectivity index is 2.99. The van der Waals surface area contributed by atoms with Gasteiger partial charge in [-0.3, -0.25) is 4.79 Å². The average Bonchev–Trinajstić information content (AvgIpc) is 2.43. The number of carbonyl (C=O) groups is 1. The Labute approximate surface area is 134 Å². The molecule has 0 spiro atoms. The largest absolute Gasteiger partial charge is 0.385 e. The molecular weight excluding hydrogens is 272 g/mol. The van der Waals surface area contributed by atoms with Gasteiger partial charge in [0.15, 0.2) is 5.78 Å². The van der Waals surface area contributed by atoms with E-state index in [0.717, 1.165) is 11.1 Å². The second-order valence-corrected chi connectivity index (χ2v) is 6.64. The van der Waals surface area contributed by atoms with E-state index in [1.54, 1.807) is 6.92 Å². The summed E-state index contributed by atoms with van der Waals surface area (Å²) in [6.45, 7) is 12.1. The molecule has 120 valence electrons. The lowest BCUT2D eigenvalue weighted by molar-refractivity contribution is -0.125. The van der Waals surface area contributed by atoms with Gasteiger partial charge in [-0.2, -0.15) is 0 Å². The van der Waals surface area contributed by atoms with Crippen molar-refractivity contribution >= 4 is 5.78 Å². The van der Waals surface area contributed by atoms with E-state index in [4.69, 9.17) is 0 Å². The molecule has 0 heterocycles. The quantitative estimate of drug-likeness (QED) is 0.765. The van der Waals surface area contributed by atoms with Gasteiger partial charge < -0.3 is 5.11 Å². The second-order valence-electron chi connectivity index (χ2n) is 6.64. The van der Waals surface area contributed by atoms with Crippen molar-refractivity contribution in [3.05, 3.63) is 58.7 Å². The third-order valence-corrected chi connectivity index (χ3v) is 4.20. The molecule has 0 aromatic rings. The van der Waals surface area contributed by atoms with Crippen LogP contribution in [0.15, 0.2) is 58.7 Å². The fraction of sp³-hybridized carbons (Fsp3) is 0.450. The number of hydrogen-bond acceptors (Lipinski definition) is 2. The van der Waals surface area contributed by atoms with Gasteiger partial charge in [0, 0.05) is 0 Å². The van der Waals surface area contributed by atoms with Gasteiger partial charge in [0.25, 0.3) is 0 Å². The van der Waals surface area contributed by atoms with Crippen LogP contribution in [0.5, 0.6) is 0 Å². The van der Waals surface area contributed by atoms with Crippen LogP contribution in [0.25, 0.3) is 0 Å². The Morgan fingerprint density at radius 1 is 1.23 bits per heavy atom. The lowest BCUT2D eigenvalue weighted by atomic mass is 9.71. The molecule has 1 unspecified atom stereocenters. The average molecular weight is 300 g/mol. The smallest absolute Gasteiger partial charge is 0.187 e. The third kappa shape index (κ3) is 4.67. The lowest BCUT2D eigenvalue weighted by Gasteiger charge is -2.34. The highest BCUT2D eigenvalue weighted by molar-refractivity contribution is 6.00. The minimum Gasteiger partial charge on any atom is -0.385 e. The maximum absolute atomic E-state index is 12.0. The van der Waals surface area contributed by atoms with Crippen molar-refractivity contribution in [2.24, 2.45) is 5.41 Å². The number of aliphatic hydroxyl groups is 1. The standard InChI is InChI=1S/C20H28O2/c1-7-14(2)9-8-10-15(3)11-12-17-16(4)19(22)18(21)13-20(17,5)6/h7-12,18,21H,13H2,1-6H3/b9-8+,12-11+,14-7+,15-10+. The highest BCUT2D eigenvalue weighted by atomic mass is 16.3. The normalized spacial score (nSPS) is 24.0. The first kappa shape index (κ1) is 18.4. The Hall–Kier alpha value is -1.67. The second kappa shape index (κ2) is 7.55. The van der Waals surface area contributed by atoms with E-state index in [0.29, 0.717) is 12.0 Å². The van der Waals surface area contributed by atoms with Crippen molar-refractivity contribution in [1.82, 2.24) is 0 Å². The monoisotopic (exact) mass is 300 g/mol. The molecule has 1 aliphatic carbocycles. The molecule has 22 heavy (non-hydrogen) atoms.